The molecule has 0 bridgehead atoms. The van der Waals surface area contributed by atoms with Gasteiger partial charge in [-0.15, -0.1) is 0 Å². The molecule has 0 aliphatic carbocycles. The van der Waals surface area contributed by atoms with Crippen molar-refractivity contribution in [3.8, 4) is 0 Å². The summed E-state index contributed by atoms with van der Waals surface area (Å²) in [6.07, 6.45) is -0.778. The van der Waals surface area contributed by atoms with Gasteiger partial charge in [-0.05, 0) is 28.9 Å². The Kier molecular flexibility index (Phi) is 3.98. The molecule has 0 aromatic heterocycles. The van der Waals surface area contributed by atoms with Gasteiger partial charge in [0.25, 0.3) is 5.69 Å². The van der Waals surface area contributed by atoms with E-state index >= 15 is 0 Å². The Balaban J connectivity index is 3.36. The standard InChI is InChI=1S/C10H11BrFNO3/c1-5(6(2)14)7-3-9(12)8(11)4-10(7)13(15)16/h3-6,14H,1-2H3. The number of rotatable bonds is 3. The molecule has 0 saturated carbocycles. The molecule has 0 aliphatic heterocycles. The van der Waals surface area contributed by atoms with Crippen LogP contribution in [0.3, 0.4) is 0 Å². The van der Waals surface area contributed by atoms with Gasteiger partial charge in [0.15, 0.2) is 0 Å². The van der Waals surface area contributed by atoms with Gasteiger partial charge in [0.1, 0.15) is 5.82 Å². The van der Waals surface area contributed by atoms with Crippen LogP contribution >= 0.6 is 15.9 Å². The van der Waals surface area contributed by atoms with Crippen molar-refractivity contribution >= 4 is 21.6 Å². The maximum Gasteiger partial charge on any atom is 0.274 e. The molecule has 1 N–H and O–H groups in total. The molecule has 0 amide bonds. The summed E-state index contributed by atoms with van der Waals surface area (Å²) in [7, 11) is 0. The minimum Gasteiger partial charge on any atom is -0.393 e. The summed E-state index contributed by atoms with van der Waals surface area (Å²) in [4.78, 5) is 10.2. The van der Waals surface area contributed by atoms with E-state index in [4.69, 9.17) is 0 Å². The number of aliphatic hydroxyl groups excluding tert-OH is 1. The van der Waals surface area contributed by atoms with Gasteiger partial charge in [0.2, 0.25) is 0 Å². The van der Waals surface area contributed by atoms with Crippen molar-refractivity contribution in [2.24, 2.45) is 0 Å². The Morgan fingerprint density at radius 1 is 1.50 bits per heavy atom. The summed E-state index contributed by atoms with van der Waals surface area (Å²) in [6, 6.07) is 2.20. The predicted octanol–water partition coefficient (Wildman–Crippen LogP) is 2.98. The molecule has 1 aromatic carbocycles. The zero-order chi connectivity index (χ0) is 12.5. The molecule has 0 saturated heterocycles. The number of hydrogen-bond acceptors (Lipinski definition) is 3. The number of nitro groups is 1. The van der Waals surface area contributed by atoms with Gasteiger partial charge in [-0.2, -0.15) is 0 Å². The fraction of sp³-hybridized carbons (Fsp3) is 0.400. The van der Waals surface area contributed by atoms with Gasteiger partial charge in [-0.1, -0.05) is 6.92 Å². The third kappa shape index (κ3) is 2.56. The monoisotopic (exact) mass is 291 g/mol. The molecule has 1 aromatic rings. The summed E-state index contributed by atoms with van der Waals surface area (Å²) in [5.74, 6) is -1.07. The van der Waals surface area contributed by atoms with E-state index in [1.807, 2.05) is 0 Å². The molecule has 0 radical (unpaired) electrons. The van der Waals surface area contributed by atoms with Gasteiger partial charge in [-0.25, -0.2) is 4.39 Å². The predicted molar refractivity (Wildman–Crippen MR) is 60.9 cm³/mol. The average Bonchev–Trinajstić information content (AvgIpc) is 2.19. The lowest BCUT2D eigenvalue weighted by Gasteiger charge is -2.15. The highest BCUT2D eigenvalue weighted by molar-refractivity contribution is 9.10. The van der Waals surface area contributed by atoms with E-state index in [0.717, 1.165) is 12.1 Å². The summed E-state index contributed by atoms with van der Waals surface area (Å²) in [6.45, 7) is 3.12. The molecule has 16 heavy (non-hydrogen) atoms. The first-order valence-corrected chi connectivity index (χ1v) is 5.45. The van der Waals surface area contributed by atoms with Crippen molar-refractivity contribution in [2.45, 2.75) is 25.9 Å². The molecule has 2 unspecified atom stereocenters. The maximum absolute atomic E-state index is 13.3. The van der Waals surface area contributed by atoms with Crippen molar-refractivity contribution < 1.29 is 14.4 Å². The maximum atomic E-state index is 13.3. The summed E-state index contributed by atoms with van der Waals surface area (Å²) < 4.78 is 13.3. The number of nitro benzene ring substituents is 1. The Hall–Kier alpha value is -1.01. The van der Waals surface area contributed by atoms with E-state index in [1.165, 1.54) is 6.92 Å². The Morgan fingerprint density at radius 3 is 2.50 bits per heavy atom. The van der Waals surface area contributed by atoms with Crippen molar-refractivity contribution in [3.05, 3.63) is 38.1 Å². The van der Waals surface area contributed by atoms with Crippen LogP contribution in [0.25, 0.3) is 0 Å². The molecule has 4 nitrogen and oxygen atoms in total. The fourth-order valence-electron chi connectivity index (χ4n) is 1.33. The van der Waals surface area contributed by atoms with E-state index in [9.17, 15) is 19.6 Å². The summed E-state index contributed by atoms with van der Waals surface area (Å²) in [5.41, 5.74) is 0.00220. The van der Waals surface area contributed by atoms with E-state index in [-0.39, 0.29) is 15.7 Å². The lowest BCUT2D eigenvalue weighted by atomic mass is 9.95. The Bertz CT molecular complexity index is 423. The van der Waals surface area contributed by atoms with Gasteiger partial charge >= 0.3 is 0 Å². The van der Waals surface area contributed by atoms with Crippen molar-refractivity contribution in [1.82, 2.24) is 0 Å². The van der Waals surface area contributed by atoms with Crippen molar-refractivity contribution in [3.63, 3.8) is 0 Å². The molecule has 0 fully saturated rings. The quantitative estimate of drug-likeness (QED) is 0.688. The summed E-state index contributed by atoms with van der Waals surface area (Å²) in [5, 5.41) is 20.2. The summed E-state index contributed by atoms with van der Waals surface area (Å²) >= 11 is 2.89. The zero-order valence-electron chi connectivity index (χ0n) is 8.78. The zero-order valence-corrected chi connectivity index (χ0v) is 10.4. The molecule has 6 heteroatoms. The van der Waals surface area contributed by atoms with Gasteiger partial charge in [0.05, 0.1) is 15.5 Å². The molecule has 0 aliphatic rings. The van der Waals surface area contributed by atoms with Crippen molar-refractivity contribution in [1.29, 1.82) is 0 Å². The third-order valence-corrected chi connectivity index (χ3v) is 3.09. The minimum atomic E-state index is -0.778. The molecular formula is C10H11BrFNO3. The molecule has 1 rings (SSSR count). The molecular weight excluding hydrogens is 281 g/mol. The van der Waals surface area contributed by atoms with Crippen molar-refractivity contribution in [2.75, 3.05) is 0 Å². The van der Waals surface area contributed by atoms with Crippen LogP contribution in [-0.2, 0) is 0 Å². The van der Waals surface area contributed by atoms with Gasteiger partial charge < -0.3 is 5.11 Å². The molecule has 0 spiro atoms. The van der Waals surface area contributed by atoms with E-state index in [2.05, 4.69) is 15.9 Å². The van der Waals surface area contributed by atoms with E-state index in [1.54, 1.807) is 6.92 Å². The highest BCUT2D eigenvalue weighted by Crippen LogP contribution is 2.33. The van der Waals surface area contributed by atoms with Crippen LogP contribution in [0.2, 0.25) is 0 Å². The first-order valence-electron chi connectivity index (χ1n) is 4.66. The highest BCUT2D eigenvalue weighted by atomic mass is 79.9. The van der Waals surface area contributed by atoms with E-state index < -0.39 is 22.8 Å². The van der Waals surface area contributed by atoms with Crippen LogP contribution in [-0.4, -0.2) is 16.1 Å². The topological polar surface area (TPSA) is 63.4 Å². The third-order valence-electron chi connectivity index (χ3n) is 2.48. The lowest BCUT2D eigenvalue weighted by Crippen LogP contribution is -2.13. The van der Waals surface area contributed by atoms with Crippen LogP contribution in [0.5, 0.6) is 0 Å². The van der Waals surface area contributed by atoms with E-state index in [0.29, 0.717) is 0 Å². The smallest absolute Gasteiger partial charge is 0.274 e. The second-order valence-electron chi connectivity index (χ2n) is 3.61. The number of halogens is 2. The Morgan fingerprint density at radius 2 is 2.06 bits per heavy atom. The first-order chi connectivity index (χ1) is 7.34. The number of aliphatic hydroxyl groups is 1. The highest BCUT2D eigenvalue weighted by Gasteiger charge is 2.24. The molecule has 88 valence electrons. The van der Waals surface area contributed by atoms with Gasteiger partial charge in [0, 0.05) is 17.5 Å². The first kappa shape index (κ1) is 13.1. The number of benzene rings is 1. The lowest BCUT2D eigenvalue weighted by molar-refractivity contribution is -0.385. The number of hydrogen-bond donors (Lipinski definition) is 1. The van der Waals surface area contributed by atoms with Crippen LogP contribution in [0.4, 0.5) is 10.1 Å². The fourth-order valence-corrected chi connectivity index (χ4v) is 1.67. The van der Waals surface area contributed by atoms with Gasteiger partial charge in [-0.3, -0.25) is 10.1 Å². The second kappa shape index (κ2) is 4.88. The largest absolute Gasteiger partial charge is 0.393 e. The van der Waals surface area contributed by atoms with Crippen LogP contribution in [0.1, 0.15) is 25.3 Å². The average molecular weight is 292 g/mol. The Labute approximate surface area is 100 Å². The molecule has 2 atom stereocenters. The SMILES string of the molecule is CC(O)C(C)c1cc(F)c(Br)cc1[N+](=O)[O-]. The number of nitrogens with zero attached hydrogens (tertiary/aromatic N) is 1. The van der Waals surface area contributed by atoms with Crippen LogP contribution < -0.4 is 0 Å². The molecule has 0 heterocycles. The second-order valence-corrected chi connectivity index (χ2v) is 4.47. The van der Waals surface area contributed by atoms with Crippen LogP contribution in [0, 0.1) is 15.9 Å². The van der Waals surface area contributed by atoms with Crippen LogP contribution in [0.15, 0.2) is 16.6 Å². The minimum absolute atomic E-state index is 0.0424. The normalized spacial score (nSPS) is 14.6.